The highest BCUT2D eigenvalue weighted by Crippen LogP contribution is 2.35. The van der Waals surface area contributed by atoms with Gasteiger partial charge in [-0.25, -0.2) is 4.98 Å². The molecule has 1 aromatic heterocycles. The standard InChI is InChI=1S/C25H31N3O3/c29-20-7-1-2-8-21(20)31-22-9-5-6-19-17-28(25(30)24(19)22)16-18-11-14-27(15-12-18)23-10-3-4-13-26-23/h3-6,9-10,13,18,20-21,29H,1-2,7-8,11-12,14-17H2/t20-,21-/m0/s1. The summed E-state index contributed by atoms with van der Waals surface area (Å²) in [5.41, 5.74) is 1.74. The summed E-state index contributed by atoms with van der Waals surface area (Å²) in [6.45, 7) is 3.39. The summed E-state index contributed by atoms with van der Waals surface area (Å²) in [7, 11) is 0. The molecule has 3 heterocycles. The van der Waals surface area contributed by atoms with Crippen molar-refractivity contribution in [2.45, 2.75) is 57.3 Å². The van der Waals surface area contributed by atoms with Gasteiger partial charge in [-0.05, 0) is 61.8 Å². The molecule has 0 bridgehead atoms. The zero-order valence-electron chi connectivity index (χ0n) is 17.9. The number of fused-ring (bicyclic) bond motifs is 1. The van der Waals surface area contributed by atoms with Crippen LogP contribution >= 0.6 is 0 Å². The Morgan fingerprint density at radius 2 is 1.87 bits per heavy atom. The molecule has 6 heteroatoms. The van der Waals surface area contributed by atoms with Crippen molar-refractivity contribution in [1.29, 1.82) is 0 Å². The van der Waals surface area contributed by atoms with Crippen LogP contribution in [0.25, 0.3) is 0 Å². The largest absolute Gasteiger partial charge is 0.487 e. The maximum absolute atomic E-state index is 13.3. The second-order valence-electron chi connectivity index (χ2n) is 9.10. The molecule has 2 fully saturated rings. The number of aliphatic hydroxyl groups is 1. The Morgan fingerprint density at radius 3 is 2.65 bits per heavy atom. The molecule has 1 aliphatic carbocycles. The average Bonchev–Trinajstić information content (AvgIpc) is 3.12. The number of benzene rings is 1. The Labute approximate surface area is 183 Å². The summed E-state index contributed by atoms with van der Waals surface area (Å²) in [5.74, 6) is 2.25. The Kier molecular flexibility index (Phi) is 5.81. The fourth-order valence-electron chi connectivity index (χ4n) is 5.21. The van der Waals surface area contributed by atoms with E-state index in [1.165, 1.54) is 0 Å². The number of hydrogen-bond donors (Lipinski definition) is 1. The number of anilines is 1. The second kappa shape index (κ2) is 8.87. The molecule has 1 saturated carbocycles. The van der Waals surface area contributed by atoms with Gasteiger partial charge < -0.3 is 19.6 Å². The van der Waals surface area contributed by atoms with Gasteiger partial charge in [0.05, 0.1) is 11.7 Å². The lowest BCUT2D eigenvalue weighted by atomic mass is 9.94. The molecule has 31 heavy (non-hydrogen) atoms. The molecule has 6 nitrogen and oxygen atoms in total. The van der Waals surface area contributed by atoms with Crippen molar-refractivity contribution in [3.8, 4) is 5.75 Å². The van der Waals surface area contributed by atoms with Gasteiger partial charge in [0.1, 0.15) is 17.7 Å². The van der Waals surface area contributed by atoms with Crippen molar-refractivity contribution in [3.63, 3.8) is 0 Å². The molecule has 1 N–H and O–H groups in total. The fraction of sp³-hybridized carbons (Fsp3) is 0.520. The van der Waals surface area contributed by atoms with Crippen LogP contribution < -0.4 is 9.64 Å². The molecule has 1 aromatic carbocycles. The Balaban J connectivity index is 1.22. The maximum atomic E-state index is 13.3. The minimum Gasteiger partial charge on any atom is -0.487 e. The number of hydrogen-bond acceptors (Lipinski definition) is 5. The first kappa shape index (κ1) is 20.3. The number of rotatable bonds is 5. The molecular formula is C25H31N3O3. The van der Waals surface area contributed by atoms with Gasteiger partial charge in [-0.3, -0.25) is 4.79 Å². The van der Waals surface area contributed by atoms with E-state index in [2.05, 4.69) is 16.0 Å². The van der Waals surface area contributed by atoms with Crippen LogP contribution in [0.4, 0.5) is 5.82 Å². The average molecular weight is 422 g/mol. The van der Waals surface area contributed by atoms with E-state index in [0.29, 0.717) is 23.8 Å². The zero-order valence-corrected chi connectivity index (χ0v) is 17.9. The molecule has 1 saturated heterocycles. The second-order valence-corrected chi connectivity index (χ2v) is 9.10. The van der Waals surface area contributed by atoms with Crippen LogP contribution in [0.3, 0.4) is 0 Å². The summed E-state index contributed by atoms with van der Waals surface area (Å²) in [4.78, 5) is 22.0. The van der Waals surface area contributed by atoms with Crippen LogP contribution in [0.1, 0.15) is 54.4 Å². The van der Waals surface area contributed by atoms with Gasteiger partial charge >= 0.3 is 0 Å². The third kappa shape index (κ3) is 4.26. The van der Waals surface area contributed by atoms with Gasteiger partial charge in [0.15, 0.2) is 0 Å². The third-order valence-electron chi connectivity index (χ3n) is 6.99. The van der Waals surface area contributed by atoms with Crippen molar-refractivity contribution in [3.05, 3.63) is 53.7 Å². The summed E-state index contributed by atoms with van der Waals surface area (Å²) in [5, 5.41) is 10.3. The van der Waals surface area contributed by atoms with Crippen LogP contribution in [-0.4, -0.2) is 52.7 Å². The summed E-state index contributed by atoms with van der Waals surface area (Å²) in [6, 6.07) is 11.9. The lowest BCUT2D eigenvalue weighted by Gasteiger charge is -2.34. The number of amides is 1. The van der Waals surface area contributed by atoms with E-state index in [0.717, 1.165) is 69.5 Å². The molecule has 0 unspecified atom stereocenters. The van der Waals surface area contributed by atoms with Crippen LogP contribution in [0, 0.1) is 5.92 Å². The van der Waals surface area contributed by atoms with Crippen molar-refractivity contribution >= 4 is 11.7 Å². The SMILES string of the molecule is O=C1c2c(cccc2O[C@H]2CCCC[C@@H]2O)CN1CC1CCN(c2ccccn2)CC1. The summed E-state index contributed by atoms with van der Waals surface area (Å²) in [6.07, 6.45) is 7.04. The predicted octanol–water partition coefficient (Wildman–Crippen LogP) is 3.64. The molecule has 5 rings (SSSR count). The Hall–Kier alpha value is -2.60. The highest BCUT2D eigenvalue weighted by atomic mass is 16.5. The number of aromatic nitrogens is 1. The van der Waals surface area contributed by atoms with E-state index in [-0.39, 0.29) is 12.0 Å². The molecule has 2 atom stereocenters. The van der Waals surface area contributed by atoms with Gasteiger partial charge in [-0.1, -0.05) is 24.6 Å². The van der Waals surface area contributed by atoms with Crippen molar-refractivity contribution in [2.75, 3.05) is 24.5 Å². The van der Waals surface area contributed by atoms with Crippen molar-refractivity contribution < 1.29 is 14.6 Å². The highest BCUT2D eigenvalue weighted by Gasteiger charge is 2.34. The molecular weight excluding hydrogens is 390 g/mol. The minimum absolute atomic E-state index is 0.0723. The van der Waals surface area contributed by atoms with E-state index in [1.54, 1.807) is 0 Å². The smallest absolute Gasteiger partial charge is 0.258 e. The molecule has 164 valence electrons. The molecule has 2 aromatic rings. The minimum atomic E-state index is -0.443. The van der Waals surface area contributed by atoms with E-state index < -0.39 is 6.10 Å². The third-order valence-corrected chi connectivity index (χ3v) is 6.99. The monoisotopic (exact) mass is 421 g/mol. The van der Waals surface area contributed by atoms with Crippen molar-refractivity contribution in [1.82, 2.24) is 9.88 Å². The van der Waals surface area contributed by atoms with Crippen molar-refractivity contribution in [2.24, 2.45) is 5.92 Å². The van der Waals surface area contributed by atoms with E-state index in [9.17, 15) is 9.90 Å². The number of piperidine rings is 1. The van der Waals surface area contributed by atoms with E-state index in [4.69, 9.17) is 4.74 Å². The number of carbonyl (C=O) groups is 1. The van der Waals surface area contributed by atoms with Gasteiger partial charge in [-0.15, -0.1) is 0 Å². The summed E-state index contributed by atoms with van der Waals surface area (Å²) < 4.78 is 6.17. The number of carbonyl (C=O) groups excluding carboxylic acids is 1. The summed E-state index contributed by atoms with van der Waals surface area (Å²) >= 11 is 0. The number of aliphatic hydroxyl groups excluding tert-OH is 1. The quantitative estimate of drug-likeness (QED) is 0.799. The topological polar surface area (TPSA) is 65.9 Å². The van der Waals surface area contributed by atoms with Gasteiger partial charge in [-0.2, -0.15) is 0 Å². The predicted molar refractivity (Wildman–Crippen MR) is 119 cm³/mol. The highest BCUT2D eigenvalue weighted by molar-refractivity contribution is 6.01. The number of ether oxygens (including phenoxy) is 1. The molecule has 1 amide bonds. The normalized spacial score (nSPS) is 24.4. The van der Waals surface area contributed by atoms with Crippen LogP contribution in [0.5, 0.6) is 5.75 Å². The first-order valence-corrected chi connectivity index (χ1v) is 11.6. The van der Waals surface area contributed by atoms with Gasteiger partial charge in [0.2, 0.25) is 0 Å². The van der Waals surface area contributed by atoms with E-state index >= 15 is 0 Å². The van der Waals surface area contributed by atoms with Gasteiger partial charge in [0.25, 0.3) is 5.91 Å². The first-order valence-electron chi connectivity index (χ1n) is 11.6. The number of nitrogens with zero attached hydrogens (tertiary/aromatic N) is 3. The Morgan fingerprint density at radius 1 is 1.03 bits per heavy atom. The van der Waals surface area contributed by atoms with Crippen LogP contribution in [0.15, 0.2) is 42.6 Å². The lowest BCUT2D eigenvalue weighted by molar-refractivity contribution is 0.00635. The number of pyridine rings is 1. The molecule has 3 aliphatic rings. The maximum Gasteiger partial charge on any atom is 0.258 e. The van der Waals surface area contributed by atoms with Crippen LogP contribution in [0.2, 0.25) is 0 Å². The van der Waals surface area contributed by atoms with Gasteiger partial charge in [0, 0.05) is 32.4 Å². The van der Waals surface area contributed by atoms with Crippen LogP contribution in [-0.2, 0) is 6.54 Å². The zero-order chi connectivity index (χ0) is 21.2. The first-order chi connectivity index (χ1) is 15.2. The molecule has 0 radical (unpaired) electrons. The fourth-order valence-corrected chi connectivity index (χ4v) is 5.21. The molecule has 0 spiro atoms. The molecule has 2 aliphatic heterocycles. The van der Waals surface area contributed by atoms with E-state index in [1.807, 2.05) is 41.4 Å². The lowest BCUT2D eigenvalue weighted by Crippen LogP contribution is -2.39. The Bertz CT molecular complexity index is 911.